The van der Waals surface area contributed by atoms with Crippen molar-refractivity contribution in [2.45, 2.75) is 18.2 Å². The Kier molecular flexibility index (Phi) is 5.02. The number of rotatable bonds is 3. The lowest BCUT2D eigenvalue weighted by Gasteiger charge is -2.14. The topological polar surface area (TPSA) is 30.1 Å². The number of nitrogens with one attached hydrogen (secondary N) is 1. The molecule has 1 N–H and O–H groups in total. The van der Waals surface area contributed by atoms with Crippen molar-refractivity contribution >= 4 is 49.4 Å². The zero-order valence-corrected chi connectivity index (χ0v) is 23.1. The van der Waals surface area contributed by atoms with Gasteiger partial charge < -0.3 is 14.3 Å². The van der Waals surface area contributed by atoms with Crippen molar-refractivity contribution in [1.29, 1.82) is 0 Å². The predicted octanol–water partition coefficient (Wildman–Crippen LogP) is 9.85. The minimum Gasteiger partial charge on any atom is -0.460 e. The fourth-order valence-corrected chi connectivity index (χ4v) is 7.98. The van der Waals surface area contributed by atoms with Crippen LogP contribution in [-0.4, -0.2) is 4.57 Å². The summed E-state index contributed by atoms with van der Waals surface area (Å²) in [4.78, 5) is 1.34. The van der Waals surface area contributed by atoms with Crippen LogP contribution in [0.4, 0.5) is 0 Å². The third-order valence-corrected chi connectivity index (χ3v) is 9.86. The Labute approximate surface area is 242 Å². The van der Waals surface area contributed by atoms with Crippen molar-refractivity contribution < 1.29 is 4.42 Å². The second-order valence-electron chi connectivity index (χ2n) is 10.9. The van der Waals surface area contributed by atoms with E-state index in [1.807, 2.05) is 11.8 Å². The number of furan rings is 1. The Morgan fingerprint density at radius 1 is 0.659 bits per heavy atom. The van der Waals surface area contributed by atoms with E-state index in [0.29, 0.717) is 0 Å². The van der Waals surface area contributed by atoms with Crippen LogP contribution in [0.5, 0.6) is 0 Å². The monoisotopic (exact) mass is 546 g/mol. The summed E-state index contributed by atoms with van der Waals surface area (Å²) in [5, 5.41) is 7.83. The quantitative estimate of drug-likeness (QED) is 0.239. The van der Waals surface area contributed by atoms with Gasteiger partial charge in [0.15, 0.2) is 0 Å². The van der Waals surface area contributed by atoms with Gasteiger partial charge in [-0.15, -0.1) is 0 Å². The third kappa shape index (κ3) is 3.54. The molecule has 2 aromatic heterocycles. The molecule has 41 heavy (non-hydrogen) atoms. The van der Waals surface area contributed by atoms with Crippen LogP contribution in [0.3, 0.4) is 0 Å². The smallest absolute Gasteiger partial charge is 0.134 e. The van der Waals surface area contributed by atoms with E-state index in [1.165, 1.54) is 65.7 Å². The van der Waals surface area contributed by atoms with Crippen molar-refractivity contribution in [3.05, 3.63) is 144 Å². The molecule has 3 nitrogen and oxygen atoms in total. The van der Waals surface area contributed by atoms with Gasteiger partial charge in [-0.2, -0.15) is 0 Å². The Hall–Kier alpha value is -4.67. The minimum absolute atomic E-state index is 0.181. The number of thioether (sulfide) groups is 1. The first-order valence-corrected chi connectivity index (χ1v) is 15.1. The van der Waals surface area contributed by atoms with Gasteiger partial charge in [-0.25, -0.2) is 0 Å². The fourth-order valence-electron chi connectivity index (χ4n) is 6.61. The minimum atomic E-state index is 0.181. The number of nitrogens with zero attached hydrogens (tertiary/aromatic N) is 1. The van der Waals surface area contributed by atoms with E-state index in [0.717, 1.165) is 24.2 Å². The van der Waals surface area contributed by atoms with Gasteiger partial charge in [-0.3, -0.25) is 0 Å². The third-order valence-electron chi connectivity index (χ3n) is 8.55. The predicted molar refractivity (Wildman–Crippen MR) is 171 cm³/mol. The van der Waals surface area contributed by atoms with E-state index < -0.39 is 0 Å². The largest absolute Gasteiger partial charge is 0.460 e. The van der Waals surface area contributed by atoms with Crippen molar-refractivity contribution in [3.8, 4) is 16.8 Å². The summed E-state index contributed by atoms with van der Waals surface area (Å²) in [7, 11) is 0. The zero-order valence-electron chi connectivity index (χ0n) is 22.3. The van der Waals surface area contributed by atoms with E-state index in [4.69, 9.17) is 4.42 Å². The molecule has 0 saturated heterocycles. The Morgan fingerprint density at radius 3 is 2.12 bits per heavy atom. The first kappa shape index (κ1) is 23.1. The highest BCUT2D eigenvalue weighted by atomic mass is 32.2. The second kappa shape index (κ2) is 8.92. The van der Waals surface area contributed by atoms with Gasteiger partial charge in [-0.05, 0) is 59.5 Å². The average Bonchev–Trinajstić information content (AvgIpc) is 3.73. The van der Waals surface area contributed by atoms with Crippen LogP contribution in [0.15, 0.2) is 131 Å². The summed E-state index contributed by atoms with van der Waals surface area (Å²) in [6.45, 7) is 0. The summed E-state index contributed by atoms with van der Waals surface area (Å²) < 4.78 is 8.76. The van der Waals surface area contributed by atoms with Crippen LogP contribution in [0, 0.1) is 0 Å². The van der Waals surface area contributed by atoms with Crippen molar-refractivity contribution in [2.24, 2.45) is 0 Å². The van der Waals surface area contributed by atoms with Gasteiger partial charge in [-0.1, -0.05) is 96.7 Å². The van der Waals surface area contributed by atoms with E-state index in [9.17, 15) is 0 Å². The molecule has 0 fully saturated rings. The fraction of sp³-hybridized carbons (Fsp3) is 0.0811. The first-order valence-electron chi connectivity index (χ1n) is 14.2. The van der Waals surface area contributed by atoms with Crippen LogP contribution in [-0.2, 0) is 6.42 Å². The number of benzene rings is 5. The highest BCUT2D eigenvalue weighted by Crippen LogP contribution is 2.52. The molecule has 4 heteroatoms. The number of aromatic nitrogens is 1. The summed E-state index contributed by atoms with van der Waals surface area (Å²) in [6, 6.07) is 43.6. The van der Waals surface area contributed by atoms with E-state index in [2.05, 4.69) is 131 Å². The molecule has 1 aliphatic heterocycles. The highest BCUT2D eigenvalue weighted by Gasteiger charge is 2.33. The molecule has 0 amide bonds. The molecular weight excluding hydrogens is 520 g/mol. The normalized spacial score (nSPS) is 16.3. The maximum absolute atomic E-state index is 6.38. The molecule has 196 valence electrons. The van der Waals surface area contributed by atoms with Crippen molar-refractivity contribution in [1.82, 2.24) is 9.88 Å². The molecule has 0 bridgehead atoms. The number of hydrogen-bond acceptors (Lipinski definition) is 3. The summed E-state index contributed by atoms with van der Waals surface area (Å²) >= 11 is 1.92. The Bertz CT molecular complexity index is 2100. The van der Waals surface area contributed by atoms with E-state index in [-0.39, 0.29) is 5.37 Å². The molecule has 1 atom stereocenters. The maximum Gasteiger partial charge on any atom is 0.134 e. The SMILES string of the molecule is c1ccc(-c2ccc3oc4c(c3c2)C2=C(CC4)NC(c3ccc(-n4c5ccccc5c5ccccc54)cc3)S2)cc1. The number of hydrogen-bond donors (Lipinski definition) is 1. The van der Waals surface area contributed by atoms with Gasteiger partial charge in [0.05, 0.1) is 11.0 Å². The van der Waals surface area contributed by atoms with E-state index in [1.54, 1.807) is 0 Å². The van der Waals surface area contributed by atoms with Crippen LogP contribution in [0.2, 0.25) is 0 Å². The molecule has 0 spiro atoms. The molecule has 0 radical (unpaired) electrons. The van der Waals surface area contributed by atoms with Crippen molar-refractivity contribution in [3.63, 3.8) is 0 Å². The second-order valence-corrected chi connectivity index (χ2v) is 12.0. The average molecular weight is 547 g/mol. The summed E-state index contributed by atoms with van der Waals surface area (Å²) in [5.41, 5.74) is 11.0. The van der Waals surface area contributed by atoms with Crippen LogP contribution < -0.4 is 5.32 Å². The van der Waals surface area contributed by atoms with E-state index >= 15 is 0 Å². The lowest BCUT2D eigenvalue weighted by molar-refractivity contribution is 0.538. The molecule has 1 unspecified atom stereocenters. The number of aryl methyl sites for hydroxylation is 1. The zero-order chi connectivity index (χ0) is 26.9. The molecule has 0 saturated carbocycles. The highest BCUT2D eigenvalue weighted by molar-refractivity contribution is 8.08. The van der Waals surface area contributed by atoms with Crippen LogP contribution in [0.1, 0.15) is 28.7 Å². The molecule has 2 aliphatic rings. The Balaban J connectivity index is 1.06. The maximum atomic E-state index is 6.38. The number of allylic oxidation sites excluding steroid dienone is 1. The Morgan fingerprint density at radius 2 is 1.37 bits per heavy atom. The van der Waals surface area contributed by atoms with Gasteiger partial charge in [0.25, 0.3) is 0 Å². The molecule has 7 aromatic rings. The van der Waals surface area contributed by atoms with Crippen LogP contribution in [0.25, 0.3) is 54.5 Å². The lowest BCUT2D eigenvalue weighted by atomic mass is 9.97. The molecule has 1 aliphatic carbocycles. The molecule has 5 aromatic carbocycles. The van der Waals surface area contributed by atoms with Crippen molar-refractivity contribution in [2.75, 3.05) is 0 Å². The molecule has 9 rings (SSSR count). The molecular formula is C37H26N2OS. The van der Waals surface area contributed by atoms with Gasteiger partial charge >= 0.3 is 0 Å². The number of para-hydroxylation sites is 2. The first-order chi connectivity index (χ1) is 20.3. The van der Waals surface area contributed by atoms with Crippen LogP contribution >= 0.6 is 11.8 Å². The standard InChI is InChI=1S/C37H26N2OS/c1-2-8-23(9-3-1)25-16-20-33-29(22-25)35-34(40-33)21-19-30-36(35)41-37(38-30)24-14-17-26(18-15-24)39-31-12-6-4-10-27(31)28-11-5-7-13-32(28)39/h1-18,20,22,37-38H,19,21H2. The van der Waals surface area contributed by atoms with Gasteiger partial charge in [0.1, 0.15) is 16.7 Å². The summed E-state index contributed by atoms with van der Waals surface area (Å²) in [6.07, 6.45) is 1.91. The van der Waals surface area contributed by atoms with Gasteiger partial charge in [0.2, 0.25) is 0 Å². The lowest BCUT2D eigenvalue weighted by Crippen LogP contribution is -2.14. The molecule has 3 heterocycles. The van der Waals surface area contributed by atoms with Gasteiger partial charge in [0, 0.05) is 44.4 Å². The number of fused-ring (bicyclic) bond motifs is 7. The summed E-state index contributed by atoms with van der Waals surface area (Å²) in [5.74, 6) is 1.11.